The Bertz CT molecular complexity index is 1870. The summed E-state index contributed by atoms with van der Waals surface area (Å²) in [7, 11) is 5.69. The van der Waals surface area contributed by atoms with Gasteiger partial charge in [-0.3, -0.25) is 10.3 Å². The van der Waals surface area contributed by atoms with Crippen LogP contribution in [0.25, 0.3) is 32.2 Å². The maximum absolute atomic E-state index is 16.9. The number of hydrogen-bond acceptors (Lipinski definition) is 11. The Kier molecular flexibility index (Phi) is 8.07. The number of likely N-dealkylation sites (N-methyl/N-ethyl adjacent to an activating group) is 1. The van der Waals surface area contributed by atoms with Gasteiger partial charge in [-0.05, 0) is 46.0 Å². The first-order valence-corrected chi connectivity index (χ1v) is 15.2. The zero-order valence-electron chi connectivity index (χ0n) is 25.8. The molecular weight excluding hydrogens is 604 g/mol. The molecule has 2 atom stereocenters. The van der Waals surface area contributed by atoms with E-state index in [4.69, 9.17) is 19.2 Å². The van der Waals surface area contributed by atoms with Crippen LogP contribution in [-0.4, -0.2) is 78.5 Å². The highest BCUT2D eigenvalue weighted by atomic mass is 32.1. The maximum atomic E-state index is 16.9. The highest BCUT2D eigenvalue weighted by molar-refractivity contribution is 7.23. The van der Waals surface area contributed by atoms with E-state index in [0.29, 0.717) is 42.2 Å². The fourth-order valence-corrected chi connectivity index (χ4v) is 7.17. The molecule has 1 saturated heterocycles. The van der Waals surface area contributed by atoms with E-state index in [1.807, 2.05) is 19.0 Å². The molecule has 1 fully saturated rings. The number of fused-ring (bicyclic) bond motifs is 4. The van der Waals surface area contributed by atoms with E-state index in [2.05, 4.69) is 26.3 Å². The summed E-state index contributed by atoms with van der Waals surface area (Å²) in [5.41, 5.74) is 0.610. The molecule has 6 rings (SSSR count). The number of benzene rings is 1. The molecule has 0 aliphatic carbocycles. The number of anilines is 2. The molecule has 0 radical (unpaired) electrons. The zero-order chi connectivity index (χ0) is 32.2. The number of amides is 1. The molecule has 0 saturated carbocycles. The number of rotatable bonds is 6. The molecule has 2 aliphatic rings. The first kappa shape index (κ1) is 31.0. The van der Waals surface area contributed by atoms with Crippen molar-refractivity contribution in [2.75, 3.05) is 51.1 Å². The predicted molar refractivity (Wildman–Crippen MR) is 166 cm³/mol. The predicted octanol–water partition coefficient (Wildman–Crippen LogP) is 5.45. The van der Waals surface area contributed by atoms with Gasteiger partial charge in [0.15, 0.2) is 11.6 Å². The number of pyridine rings is 1. The number of carbonyl (C=O) groups is 1. The van der Waals surface area contributed by atoms with Gasteiger partial charge < -0.3 is 24.0 Å². The third-order valence-electron chi connectivity index (χ3n) is 8.05. The van der Waals surface area contributed by atoms with Gasteiger partial charge in [0.2, 0.25) is 5.95 Å². The second kappa shape index (κ2) is 11.7. The van der Waals surface area contributed by atoms with E-state index in [1.165, 1.54) is 0 Å². The molecule has 1 amide bonds. The Hall–Kier alpha value is -4.03. The zero-order valence-corrected chi connectivity index (χ0v) is 26.6. The average molecular weight is 638 g/mol. The highest BCUT2D eigenvalue weighted by Gasteiger charge is 2.36. The van der Waals surface area contributed by atoms with Crippen molar-refractivity contribution in [1.82, 2.24) is 19.9 Å². The summed E-state index contributed by atoms with van der Waals surface area (Å²) in [5, 5.41) is 13.4. The standard InChI is InChI=1S/C31H33F2N7O4S/c1-31(2,3)44-30(41)38-28-16(7-34)23-26(35-9-20(32)27(23)45-28)22-19-14-43-13-18(19)17-8-36-29(37-25(17)24(22)33)40-10-15(12-42-6)21(11-40)39(4)5/h8-9,15,21H,10-14H2,1-6H3,(H,38,41). The molecule has 0 bridgehead atoms. The fourth-order valence-electron chi connectivity index (χ4n) is 6.13. The van der Waals surface area contributed by atoms with Crippen LogP contribution in [0.5, 0.6) is 0 Å². The van der Waals surface area contributed by atoms with Gasteiger partial charge in [0.05, 0.1) is 42.0 Å². The van der Waals surface area contributed by atoms with E-state index >= 15 is 8.78 Å². The number of thiophene rings is 1. The van der Waals surface area contributed by atoms with E-state index in [-0.39, 0.29) is 62.6 Å². The van der Waals surface area contributed by atoms with E-state index in [1.54, 1.807) is 34.1 Å². The van der Waals surface area contributed by atoms with Crippen LogP contribution in [0.3, 0.4) is 0 Å². The monoisotopic (exact) mass is 637 g/mol. The van der Waals surface area contributed by atoms with Gasteiger partial charge in [-0.25, -0.2) is 23.5 Å². The third kappa shape index (κ3) is 5.54. The highest BCUT2D eigenvalue weighted by Crippen LogP contribution is 2.46. The molecule has 4 aromatic rings. The lowest BCUT2D eigenvalue weighted by Gasteiger charge is -2.24. The van der Waals surface area contributed by atoms with Crippen LogP contribution in [0.4, 0.5) is 24.5 Å². The number of halogens is 2. The summed E-state index contributed by atoms with van der Waals surface area (Å²) >= 11 is 0.857. The normalized spacial score (nSPS) is 18.2. The van der Waals surface area contributed by atoms with Gasteiger partial charge >= 0.3 is 6.09 Å². The number of methoxy groups -OCH3 is 1. The van der Waals surface area contributed by atoms with Crippen molar-refractivity contribution in [3.8, 4) is 17.3 Å². The molecule has 3 aromatic heterocycles. The molecule has 1 N–H and O–H groups in total. The van der Waals surface area contributed by atoms with Crippen molar-refractivity contribution < 1.29 is 27.8 Å². The van der Waals surface area contributed by atoms with Crippen LogP contribution in [-0.2, 0) is 27.4 Å². The smallest absolute Gasteiger partial charge is 0.412 e. The van der Waals surface area contributed by atoms with Crippen molar-refractivity contribution in [3.05, 3.63) is 40.7 Å². The summed E-state index contributed by atoms with van der Waals surface area (Å²) in [4.78, 5) is 30.4. The van der Waals surface area contributed by atoms with Gasteiger partial charge in [0.25, 0.3) is 0 Å². The minimum Gasteiger partial charge on any atom is -0.444 e. The molecule has 2 aliphatic heterocycles. The second-order valence-electron chi connectivity index (χ2n) is 12.4. The van der Waals surface area contributed by atoms with Crippen molar-refractivity contribution in [2.24, 2.45) is 5.92 Å². The lowest BCUT2D eigenvalue weighted by Crippen LogP contribution is -2.37. The topological polar surface area (TPSA) is 126 Å². The minimum absolute atomic E-state index is 0.0469. The molecule has 45 heavy (non-hydrogen) atoms. The lowest BCUT2D eigenvalue weighted by atomic mass is 9.94. The molecule has 11 nitrogen and oxygen atoms in total. The van der Waals surface area contributed by atoms with E-state index in [0.717, 1.165) is 17.5 Å². The average Bonchev–Trinajstić information content (AvgIpc) is 3.71. The van der Waals surface area contributed by atoms with Crippen LogP contribution >= 0.6 is 11.3 Å². The van der Waals surface area contributed by atoms with Crippen LogP contribution in [0.1, 0.15) is 37.5 Å². The Morgan fingerprint density at radius 1 is 1.22 bits per heavy atom. The Morgan fingerprint density at radius 3 is 2.67 bits per heavy atom. The largest absolute Gasteiger partial charge is 0.444 e. The number of nitrogens with zero attached hydrogens (tertiary/aromatic N) is 6. The van der Waals surface area contributed by atoms with Crippen molar-refractivity contribution in [2.45, 2.75) is 45.6 Å². The van der Waals surface area contributed by atoms with Gasteiger partial charge in [-0.15, -0.1) is 11.3 Å². The quantitative estimate of drug-likeness (QED) is 0.292. The molecule has 5 heterocycles. The molecule has 0 spiro atoms. The Morgan fingerprint density at radius 2 is 1.98 bits per heavy atom. The molecule has 14 heteroatoms. The summed E-state index contributed by atoms with van der Waals surface area (Å²) < 4.78 is 48.6. The number of aromatic nitrogens is 3. The van der Waals surface area contributed by atoms with E-state index in [9.17, 15) is 10.1 Å². The molecule has 236 valence electrons. The first-order chi connectivity index (χ1) is 21.4. The van der Waals surface area contributed by atoms with Crippen LogP contribution in [0, 0.1) is 28.9 Å². The number of nitrogens with one attached hydrogen (secondary N) is 1. The van der Waals surface area contributed by atoms with E-state index < -0.39 is 23.3 Å². The van der Waals surface area contributed by atoms with Gasteiger partial charge in [0.1, 0.15) is 22.2 Å². The minimum atomic E-state index is -0.804. The number of carbonyl (C=O) groups excluding carboxylic acids is 1. The summed E-state index contributed by atoms with van der Waals surface area (Å²) in [6, 6.07) is 2.25. The van der Waals surface area contributed by atoms with Crippen LogP contribution in [0.2, 0.25) is 0 Å². The number of hydrogen-bond donors (Lipinski definition) is 1. The molecule has 1 aromatic carbocycles. The molecular formula is C31H33F2N7O4S. The van der Waals surface area contributed by atoms with Crippen LogP contribution in [0.15, 0.2) is 12.4 Å². The Balaban J connectivity index is 1.51. The van der Waals surface area contributed by atoms with Crippen molar-refractivity contribution in [3.63, 3.8) is 0 Å². The van der Waals surface area contributed by atoms with Crippen LogP contribution < -0.4 is 10.2 Å². The van der Waals surface area contributed by atoms with Crippen molar-refractivity contribution >= 4 is 49.4 Å². The second-order valence-corrected chi connectivity index (χ2v) is 13.4. The van der Waals surface area contributed by atoms with Gasteiger partial charge in [-0.1, -0.05) is 0 Å². The fraction of sp³-hybridized carbons (Fsp3) is 0.452. The Labute approximate surface area is 262 Å². The lowest BCUT2D eigenvalue weighted by molar-refractivity contribution is 0.0636. The number of nitriles is 1. The summed E-state index contributed by atoms with van der Waals surface area (Å²) in [6.45, 7) is 7.24. The third-order valence-corrected chi connectivity index (χ3v) is 9.17. The summed E-state index contributed by atoms with van der Waals surface area (Å²) in [5.74, 6) is -0.791. The summed E-state index contributed by atoms with van der Waals surface area (Å²) in [6.07, 6.45) is 1.81. The SMILES string of the molecule is COCC1CN(c2ncc3c4c(c(-c5ncc(F)c6sc(NC(=O)OC(C)(C)C)c(C#N)c56)c(F)c3n2)COC4)CC1N(C)C. The number of ether oxygens (including phenoxy) is 3. The maximum Gasteiger partial charge on any atom is 0.412 e. The van der Waals surface area contributed by atoms with Gasteiger partial charge in [-0.2, -0.15) is 5.26 Å². The first-order valence-electron chi connectivity index (χ1n) is 14.4. The van der Waals surface area contributed by atoms with Gasteiger partial charge in [0, 0.05) is 54.7 Å². The molecule has 2 unspecified atom stereocenters. The van der Waals surface area contributed by atoms with Crippen molar-refractivity contribution in [1.29, 1.82) is 5.26 Å².